The molecule has 0 aliphatic carbocycles. The molecular weight excluding hydrogens is 459 g/mol. The van der Waals surface area contributed by atoms with Gasteiger partial charge in [0.2, 0.25) is 5.91 Å². The third-order valence-corrected chi connectivity index (χ3v) is 4.39. The third-order valence-electron chi connectivity index (χ3n) is 3.69. The number of nitrogens with zero attached hydrogens (tertiary/aromatic N) is 2. The Bertz CT molecular complexity index is 514. The minimum atomic E-state index is 0. The van der Waals surface area contributed by atoms with Gasteiger partial charge in [-0.25, -0.2) is 0 Å². The first-order valence-corrected chi connectivity index (χ1v) is 10.4. The van der Waals surface area contributed by atoms with Gasteiger partial charge in [-0.05, 0) is 37.3 Å². The van der Waals surface area contributed by atoms with Gasteiger partial charge < -0.3 is 15.5 Å². The molecule has 0 unspecified atom stereocenters. The van der Waals surface area contributed by atoms with Gasteiger partial charge in [0, 0.05) is 39.6 Å². The van der Waals surface area contributed by atoms with Crippen LogP contribution in [0.3, 0.4) is 0 Å². The molecule has 0 aromatic heterocycles. The SMILES string of the molecule is CCNC(=NCCCCSC)NCCC(=O)N(C)Cc1ccccc1.I. The van der Waals surface area contributed by atoms with Crippen molar-refractivity contribution in [2.24, 2.45) is 4.99 Å². The van der Waals surface area contributed by atoms with Gasteiger partial charge in [-0.2, -0.15) is 11.8 Å². The number of thioether (sulfide) groups is 1. The Morgan fingerprint density at radius 3 is 2.58 bits per heavy atom. The lowest BCUT2D eigenvalue weighted by molar-refractivity contribution is -0.130. The fourth-order valence-electron chi connectivity index (χ4n) is 2.31. The Morgan fingerprint density at radius 1 is 1.19 bits per heavy atom. The van der Waals surface area contributed by atoms with E-state index in [4.69, 9.17) is 0 Å². The molecule has 1 rings (SSSR count). The van der Waals surface area contributed by atoms with Gasteiger partial charge in [0.15, 0.2) is 5.96 Å². The maximum atomic E-state index is 12.2. The number of benzene rings is 1. The third kappa shape index (κ3) is 11.6. The van der Waals surface area contributed by atoms with Crippen LogP contribution in [0.25, 0.3) is 0 Å². The zero-order chi connectivity index (χ0) is 18.3. The fraction of sp³-hybridized carbons (Fsp3) is 0.579. The first-order chi connectivity index (χ1) is 12.2. The van der Waals surface area contributed by atoms with Crippen LogP contribution in [-0.2, 0) is 11.3 Å². The normalized spacial score (nSPS) is 10.8. The summed E-state index contributed by atoms with van der Waals surface area (Å²) in [5, 5.41) is 6.47. The predicted octanol–water partition coefficient (Wildman–Crippen LogP) is 3.35. The van der Waals surface area contributed by atoms with Crippen molar-refractivity contribution in [1.82, 2.24) is 15.5 Å². The first kappa shape index (κ1) is 25.0. The molecule has 0 radical (unpaired) electrons. The predicted molar refractivity (Wildman–Crippen MR) is 125 cm³/mol. The molecule has 0 aliphatic heterocycles. The highest BCUT2D eigenvalue weighted by Gasteiger charge is 2.09. The van der Waals surface area contributed by atoms with Crippen molar-refractivity contribution in [2.45, 2.75) is 32.7 Å². The molecular formula is C19H33IN4OS. The molecule has 2 N–H and O–H groups in total. The summed E-state index contributed by atoms with van der Waals surface area (Å²) in [7, 11) is 1.85. The van der Waals surface area contributed by atoms with E-state index < -0.39 is 0 Å². The van der Waals surface area contributed by atoms with Gasteiger partial charge >= 0.3 is 0 Å². The van der Waals surface area contributed by atoms with Crippen LogP contribution in [0.1, 0.15) is 31.7 Å². The van der Waals surface area contributed by atoms with Gasteiger partial charge in [0.1, 0.15) is 0 Å². The number of halogens is 1. The molecule has 7 heteroatoms. The molecule has 1 aromatic rings. The molecule has 0 bridgehead atoms. The molecule has 0 spiro atoms. The minimum absolute atomic E-state index is 0. The second-order valence-corrected chi connectivity index (χ2v) is 6.86. The van der Waals surface area contributed by atoms with Gasteiger partial charge in [0.05, 0.1) is 0 Å². The number of aliphatic imine (C=N–C) groups is 1. The Morgan fingerprint density at radius 2 is 1.92 bits per heavy atom. The number of amides is 1. The summed E-state index contributed by atoms with van der Waals surface area (Å²) in [5.74, 6) is 2.11. The quantitative estimate of drug-likeness (QED) is 0.215. The summed E-state index contributed by atoms with van der Waals surface area (Å²) in [6.45, 7) is 4.91. The summed E-state index contributed by atoms with van der Waals surface area (Å²) in [4.78, 5) is 18.6. The molecule has 0 aliphatic rings. The van der Waals surface area contributed by atoms with Gasteiger partial charge in [-0.3, -0.25) is 9.79 Å². The number of guanidine groups is 1. The fourth-order valence-corrected chi connectivity index (χ4v) is 2.81. The monoisotopic (exact) mass is 492 g/mol. The molecule has 0 fully saturated rings. The van der Waals surface area contributed by atoms with Crippen molar-refractivity contribution in [3.63, 3.8) is 0 Å². The Hall–Kier alpha value is -0.960. The van der Waals surface area contributed by atoms with E-state index in [0.717, 1.165) is 31.0 Å². The molecule has 26 heavy (non-hydrogen) atoms. The van der Waals surface area contributed by atoms with Crippen LogP contribution >= 0.6 is 35.7 Å². The van der Waals surface area contributed by atoms with E-state index in [1.165, 1.54) is 12.2 Å². The summed E-state index contributed by atoms with van der Waals surface area (Å²) in [5.41, 5.74) is 1.14. The number of nitrogens with one attached hydrogen (secondary N) is 2. The smallest absolute Gasteiger partial charge is 0.224 e. The number of unbranched alkanes of at least 4 members (excludes halogenated alkanes) is 1. The Kier molecular flexibility index (Phi) is 15.6. The highest BCUT2D eigenvalue weighted by atomic mass is 127. The zero-order valence-corrected chi connectivity index (χ0v) is 19.3. The number of rotatable bonds is 11. The maximum Gasteiger partial charge on any atom is 0.224 e. The second-order valence-electron chi connectivity index (χ2n) is 5.87. The summed E-state index contributed by atoms with van der Waals surface area (Å²) < 4.78 is 0. The van der Waals surface area contributed by atoms with Crippen LogP contribution in [-0.4, -0.2) is 55.5 Å². The highest BCUT2D eigenvalue weighted by molar-refractivity contribution is 14.0. The number of hydrogen-bond acceptors (Lipinski definition) is 3. The molecule has 0 atom stereocenters. The average Bonchev–Trinajstić information content (AvgIpc) is 2.62. The lowest BCUT2D eigenvalue weighted by Crippen LogP contribution is -2.39. The standard InChI is InChI=1S/C19H32N4OS.HI/c1-4-20-19(21-13-8-9-15-25-3)22-14-12-18(24)23(2)16-17-10-6-5-7-11-17;/h5-7,10-11H,4,8-9,12-16H2,1-3H3,(H2,20,21,22);1H. The van der Waals surface area contributed by atoms with Crippen molar-refractivity contribution in [1.29, 1.82) is 0 Å². The van der Waals surface area contributed by atoms with E-state index >= 15 is 0 Å². The van der Waals surface area contributed by atoms with Gasteiger partial charge in [-0.15, -0.1) is 24.0 Å². The second kappa shape index (κ2) is 16.2. The molecule has 1 aromatic carbocycles. The van der Waals surface area contributed by atoms with Crippen LogP contribution in [0, 0.1) is 0 Å². The molecule has 1 amide bonds. The zero-order valence-electron chi connectivity index (χ0n) is 16.2. The van der Waals surface area contributed by atoms with Crippen LogP contribution in [0.15, 0.2) is 35.3 Å². The van der Waals surface area contributed by atoms with Crippen molar-refractivity contribution < 1.29 is 4.79 Å². The molecule has 148 valence electrons. The Balaban J connectivity index is 0.00000625. The van der Waals surface area contributed by atoms with E-state index in [2.05, 4.69) is 21.9 Å². The molecule has 5 nitrogen and oxygen atoms in total. The van der Waals surface area contributed by atoms with Crippen molar-refractivity contribution in [2.75, 3.05) is 38.7 Å². The minimum Gasteiger partial charge on any atom is -0.357 e. The van der Waals surface area contributed by atoms with Crippen LogP contribution < -0.4 is 10.6 Å². The van der Waals surface area contributed by atoms with Crippen molar-refractivity contribution in [3.05, 3.63) is 35.9 Å². The largest absolute Gasteiger partial charge is 0.357 e. The highest BCUT2D eigenvalue weighted by Crippen LogP contribution is 2.03. The molecule has 0 saturated heterocycles. The van der Waals surface area contributed by atoms with Crippen LogP contribution in [0.5, 0.6) is 0 Å². The topological polar surface area (TPSA) is 56.7 Å². The summed E-state index contributed by atoms with van der Waals surface area (Å²) in [6, 6.07) is 10.0. The van der Waals surface area contributed by atoms with Crippen molar-refractivity contribution >= 4 is 47.6 Å². The van der Waals surface area contributed by atoms with Crippen LogP contribution in [0.2, 0.25) is 0 Å². The van der Waals surface area contributed by atoms with Crippen LogP contribution in [0.4, 0.5) is 0 Å². The average molecular weight is 492 g/mol. The number of hydrogen-bond donors (Lipinski definition) is 2. The lowest BCUT2D eigenvalue weighted by Gasteiger charge is -2.18. The van der Waals surface area contributed by atoms with Crippen molar-refractivity contribution in [3.8, 4) is 0 Å². The molecule has 0 heterocycles. The van der Waals surface area contributed by atoms with Gasteiger partial charge in [-0.1, -0.05) is 30.3 Å². The maximum absolute atomic E-state index is 12.2. The lowest BCUT2D eigenvalue weighted by atomic mass is 10.2. The molecule has 0 saturated carbocycles. The van der Waals surface area contributed by atoms with Gasteiger partial charge in [0.25, 0.3) is 0 Å². The summed E-state index contributed by atoms with van der Waals surface area (Å²) in [6.07, 6.45) is 4.87. The van der Waals surface area contributed by atoms with E-state index in [0.29, 0.717) is 19.5 Å². The van der Waals surface area contributed by atoms with E-state index in [9.17, 15) is 4.79 Å². The number of carbonyl (C=O) groups is 1. The van der Waals surface area contributed by atoms with E-state index in [1.54, 1.807) is 4.90 Å². The van der Waals surface area contributed by atoms with E-state index in [-0.39, 0.29) is 29.9 Å². The summed E-state index contributed by atoms with van der Waals surface area (Å²) >= 11 is 1.87. The first-order valence-electron chi connectivity index (χ1n) is 8.96. The Labute approximate surface area is 179 Å². The number of carbonyl (C=O) groups excluding carboxylic acids is 1. The van der Waals surface area contributed by atoms with E-state index in [1.807, 2.05) is 56.1 Å².